The second-order valence-electron chi connectivity index (χ2n) is 8.84. The van der Waals surface area contributed by atoms with Gasteiger partial charge >= 0.3 is 6.09 Å². The van der Waals surface area contributed by atoms with Crippen LogP contribution in [-0.2, 0) is 19.4 Å². The Bertz CT molecular complexity index is 858. The molecule has 0 unspecified atom stereocenters. The van der Waals surface area contributed by atoms with Crippen LogP contribution in [0.5, 0.6) is 5.75 Å². The van der Waals surface area contributed by atoms with E-state index in [0.717, 1.165) is 29.2 Å². The molecule has 0 bridgehead atoms. The fourth-order valence-electron chi connectivity index (χ4n) is 4.59. The zero-order valence-electron chi connectivity index (χ0n) is 19.3. The number of rotatable bonds is 11. The van der Waals surface area contributed by atoms with Gasteiger partial charge in [-0.05, 0) is 47.6 Å². The van der Waals surface area contributed by atoms with E-state index >= 15 is 0 Å². The lowest BCUT2D eigenvalue weighted by Crippen LogP contribution is -2.48. The molecule has 0 radical (unpaired) electrons. The van der Waals surface area contributed by atoms with E-state index in [1.165, 1.54) is 37.7 Å². The van der Waals surface area contributed by atoms with Crippen molar-refractivity contribution >= 4 is 18.5 Å². The molecule has 0 spiro atoms. The first-order valence-corrected chi connectivity index (χ1v) is 11.6. The molecule has 0 aliphatic heterocycles. The molecule has 0 saturated heterocycles. The highest BCUT2D eigenvalue weighted by Crippen LogP contribution is 2.27. The van der Waals surface area contributed by atoms with Gasteiger partial charge in [-0.15, -0.1) is 12.4 Å². The van der Waals surface area contributed by atoms with Crippen LogP contribution in [0.15, 0.2) is 48.5 Å². The number of hydrogen-bond donors (Lipinski definition) is 4. The lowest BCUT2D eigenvalue weighted by Gasteiger charge is -2.24. The van der Waals surface area contributed by atoms with E-state index in [1.807, 2.05) is 36.4 Å². The van der Waals surface area contributed by atoms with Crippen LogP contribution in [0.4, 0.5) is 4.79 Å². The molecule has 1 aliphatic carbocycles. The monoisotopic (exact) mass is 476 g/mol. The number of halogens is 1. The van der Waals surface area contributed by atoms with Crippen LogP contribution in [0.2, 0.25) is 0 Å². The molecule has 33 heavy (non-hydrogen) atoms. The Hall–Kier alpha value is -2.28. The maximum absolute atomic E-state index is 11.3. The molecule has 4 N–H and O–H groups in total. The minimum absolute atomic E-state index is 0. The van der Waals surface area contributed by atoms with Crippen LogP contribution in [0.3, 0.4) is 0 Å². The van der Waals surface area contributed by atoms with Gasteiger partial charge in [0.25, 0.3) is 0 Å². The molecule has 182 valence electrons. The number of nitrogens with one attached hydrogen (secondary N) is 2. The van der Waals surface area contributed by atoms with E-state index in [-0.39, 0.29) is 19.0 Å². The molecule has 2 aromatic carbocycles. The van der Waals surface area contributed by atoms with Gasteiger partial charge in [0.1, 0.15) is 5.75 Å². The SMILES string of the molecule is COc1cccc(CNC[C@H](O)[C@H](Cc2cccc(CC3CCCCC3)c2)NC(=O)O)c1.Cl. The molecule has 2 aromatic rings. The lowest BCUT2D eigenvalue weighted by molar-refractivity contribution is 0.117. The summed E-state index contributed by atoms with van der Waals surface area (Å²) >= 11 is 0. The Morgan fingerprint density at radius 1 is 1.06 bits per heavy atom. The summed E-state index contributed by atoms with van der Waals surface area (Å²) in [6, 6.07) is 15.5. The number of carboxylic acid groups (broad SMARTS) is 1. The van der Waals surface area contributed by atoms with Crippen molar-refractivity contribution < 1.29 is 19.7 Å². The molecule has 3 rings (SSSR count). The number of benzene rings is 2. The zero-order valence-corrected chi connectivity index (χ0v) is 20.2. The summed E-state index contributed by atoms with van der Waals surface area (Å²) < 4.78 is 5.24. The first-order valence-electron chi connectivity index (χ1n) is 11.6. The average molecular weight is 477 g/mol. The predicted molar refractivity (Wildman–Crippen MR) is 133 cm³/mol. The molecular formula is C26H37ClN2O4. The van der Waals surface area contributed by atoms with Crippen molar-refractivity contribution in [3.8, 4) is 5.75 Å². The minimum atomic E-state index is -1.12. The van der Waals surface area contributed by atoms with E-state index in [2.05, 4.69) is 22.8 Å². The van der Waals surface area contributed by atoms with Gasteiger partial charge in [-0.2, -0.15) is 0 Å². The molecular weight excluding hydrogens is 440 g/mol. The van der Waals surface area contributed by atoms with Crippen LogP contribution >= 0.6 is 12.4 Å². The Balaban J connectivity index is 0.00000385. The highest BCUT2D eigenvalue weighted by atomic mass is 35.5. The maximum atomic E-state index is 11.3. The standard InChI is InChI=1S/C26H36N2O4.ClH/c1-32-23-12-6-11-22(15-23)17-27-18-25(29)24(28-26(30)31)16-21-10-5-9-20(14-21)13-19-7-3-2-4-8-19;/h5-6,9-12,14-15,19,24-25,27-29H,2-4,7-8,13,16-18H2,1H3,(H,30,31);1H/t24-,25-;/m0./s1. The summed E-state index contributed by atoms with van der Waals surface area (Å²) in [7, 11) is 1.63. The molecule has 7 heteroatoms. The molecule has 0 aromatic heterocycles. The van der Waals surface area contributed by atoms with Crippen molar-refractivity contribution in [3.63, 3.8) is 0 Å². The summed E-state index contributed by atoms with van der Waals surface area (Å²) in [4.78, 5) is 11.3. The van der Waals surface area contributed by atoms with Crippen molar-refractivity contribution in [2.45, 2.75) is 63.6 Å². The van der Waals surface area contributed by atoms with E-state index in [0.29, 0.717) is 13.0 Å². The molecule has 2 atom stereocenters. The number of aliphatic hydroxyl groups excluding tert-OH is 1. The third-order valence-electron chi connectivity index (χ3n) is 6.29. The third kappa shape index (κ3) is 9.24. The fraction of sp³-hybridized carbons (Fsp3) is 0.500. The normalized spacial score (nSPS) is 15.8. The first kappa shape index (κ1) is 27.0. The van der Waals surface area contributed by atoms with Crippen molar-refractivity contribution in [2.24, 2.45) is 5.92 Å². The lowest BCUT2D eigenvalue weighted by atomic mass is 9.84. The number of methoxy groups -OCH3 is 1. The van der Waals surface area contributed by atoms with Crippen molar-refractivity contribution in [1.29, 1.82) is 0 Å². The Morgan fingerprint density at radius 2 is 1.76 bits per heavy atom. The number of carbonyl (C=O) groups is 1. The summed E-state index contributed by atoms with van der Waals surface area (Å²) in [5, 5.41) is 25.7. The van der Waals surface area contributed by atoms with Crippen LogP contribution in [0.25, 0.3) is 0 Å². The topological polar surface area (TPSA) is 90.8 Å². The highest BCUT2D eigenvalue weighted by Gasteiger charge is 2.22. The summed E-state index contributed by atoms with van der Waals surface area (Å²) in [6.07, 6.45) is 6.15. The van der Waals surface area contributed by atoms with Crippen molar-refractivity contribution in [3.05, 3.63) is 65.2 Å². The summed E-state index contributed by atoms with van der Waals surface area (Å²) in [6.45, 7) is 0.842. The molecule has 1 amide bonds. The Morgan fingerprint density at radius 3 is 2.48 bits per heavy atom. The van der Waals surface area contributed by atoms with Crippen LogP contribution in [0, 0.1) is 5.92 Å². The van der Waals surface area contributed by atoms with E-state index in [9.17, 15) is 15.0 Å². The quantitative estimate of drug-likeness (QED) is 0.381. The second-order valence-corrected chi connectivity index (χ2v) is 8.84. The summed E-state index contributed by atoms with van der Waals surface area (Å²) in [5.41, 5.74) is 3.38. The predicted octanol–water partition coefficient (Wildman–Crippen LogP) is 4.57. The Kier molecular flexibility index (Phi) is 11.5. The van der Waals surface area contributed by atoms with Gasteiger partial charge in [-0.25, -0.2) is 4.79 Å². The van der Waals surface area contributed by atoms with E-state index < -0.39 is 18.2 Å². The molecule has 1 aliphatic rings. The van der Waals surface area contributed by atoms with Gasteiger partial charge < -0.3 is 25.6 Å². The van der Waals surface area contributed by atoms with Gasteiger partial charge in [0.2, 0.25) is 0 Å². The fourth-order valence-corrected chi connectivity index (χ4v) is 4.59. The second kappa shape index (κ2) is 14.1. The molecule has 6 nitrogen and oxygen atoms in total. The van der Waals surface area contributed by atoms with Crippen LogP contribution in [-0.4, -0.2) is 42.1 Å². The number of ether oxygens (including phenoxy) is 1. The Labute approximate surface area is 203 Å². The largest absolute Gasteiger partial charge is 0.497 e. The maximum Gasteiger partial charge on any atom is 0.404 e. The van der Waals surface area contributed by atoms with Gasteiger partial charge in [0.15, 0.2) is 0 Å². The van der Waals surface area contributed by atoms with Crippen LogP contribution in [0.1, 0.15) is 48.8 Å². The molecule has 1 fully saturated rings. The average Bonchev–Trinajstić information content (AvgIpc) is 2.79. The zero-order chi connectivity index (χ0) is 22.8. The van der Waals surface area contributed by atoms with Crippen LogP contribution < -0.4 is 15.4 Å². The van der Waals surface area contributed by atoms with Gasteiger partial charge in [-0.3, -0.25) is 0 Å². The van der Waals surface area contributed by atoms with Crippen molar-refractivity contribution in [2.75, 3.05) is 13.7 Å². The highest BCUT2D eigenvalue weighted by molar-refractivity contribution is 5.85. The van der Waals surface area contributed by atoms with Gasteiger partial charge in [0, 0.05) is 13.1 Å². The number of hydrogen-bond acceptors (Lipinski definition) is 4. The van der Waals surface area contributed by atoms with Gasteiger partial charge in [-0.1, -0.05) is 68.5 Å². The van der Waals surface area contributed by atoms with E-state index in [1.54, 1.807) is 7.11 Å². The molecule has 1 saturated carbocycles. The summed E-state index contributed by atoms with van der Waals surface area (Å²) in [5.74, 6) is 1.53. The minimum Gasteiger partial charge on any atom is -0.497 e. The third-order valence-corrected chi connectivity index (χ3v) is 6.29. The van der Waals surface area contributed by atoms with E-state index in [4.69, 9.17) is 4.74 Å². The first-order chi connectivity index (χ1) is 15.5. The number of amides is 1. The van der Waals surface area contributed by atoms with Crippen molar-refractivity contribution in [1.82, 2.24) is 10.6 Å². The molecule has 0 heterocycles. The van der Waals surface area contributed by atoms with Gasteiger partial charge in [0.05, 0.1) is 19.3 Å². The smallest absolute Gasteiger partial charge is 0.404 e. The number of aliphatic hydroxyl groups is 1.